The molecule has 0 atom stereocenters. The van der Waals surface area contributed by atoms with Gasteiger partial charge in [-0.15, -0.1) is 12.6 Å². The molecule has 0 saturated heterocycles. The molecule has 1 aromatic carbocycles. The Hall–Kier alpha value is -1.35. The number of hydrogen-bond donors (Lipinski definition) is 2. The monoisotopic (exact) mass is 205 g/mol. The maximum Gasteiger partial charge on any atom is 0.108 e. The van der Waals surface area contributed by atoms with Gasteiger partial charge in [-0.3, -0.25) is 0 Å². The SMILES string of the molecule is Nc1ccc(S)cc1Cc1ccco1. The largest absolute Gasteiger partial charge is 0.469 e. The first-order valence-corrected chi connectivity index (χ1v) is 4.80. The smallest absolute Gasteiger partial charge is 0.108 e. The summed E-state index contributed by atoms with van der Waals surface area (Å²) >= 11 is 4.27. The van der Waals surface area contributed by atoms with Gasteiger partial charge >= 0.3 is 0 Å². The van der Waals surface area contributed by atoms with E-state index in [2.05, 4.69) is 12.6 Å². The fourth-order valence-corrected chi connectivity index (χ4v) is 1.58. The van der Waals surface area contributed by atoms with Crippen LogP contribution in [-0.4, -0.2) is 0 Å². The van der Waals surface area contributed by atoms with E-state index in [4.69, 9.17) is 10.2 Å². The summed E-state index contributed by atoms with van der Waals surface area (Å²) in [7, 11) is 0. The predicted octanol–water partition coefficient (Wildman–Crippen LogP) is 2.74. The van der Waals surface area contributed by atoms with Crippen molar-refractivity contribution < 1.29 is 4.42 Å². The molecule has 0 aliphatic carbocycles. The Morgan fingerprint density at radius 3 is 2.86 bits per heavy atom. The van der Waals surface area contributed by atoms with Gasteiger partial charge in [-0.1, -0.05) is 0 Å². The van der Waals surface area contributed by atoms with Gasteiger partial charge < -0.3 is 10.2 Å². The molecule has 0 fully saturated rings. The van der Waals surface area contributed by atoms with Crippen molar-refractivity contribution in [1.29, 1.82) is 0 Å². The molecular formula is C11H11NOS. The summed E-state index contributed by atoms with van der Waals surface area (Å²) < 4.78 is 5.25. The quantitative estimate of drug-likeness (QED) is 0.584. The molecule has 0 saturated carbocycles. The van der Waals surface area contributed by atoms with Gasteiger partial charge in [-0.2, -0.15) is 0 Å². The average Bonchev–Trinajstić information content (AvgIpc) is 2.64. The average molecular weight is 205 g/mol. The molecule has 0 amide bonds. The zero-order valence-electron chi connectivity index (χ0n) is 7.60. The highest BCUT2D eigenvalue weighted by Crippen LogP contribution is 2.20. The zero-order valence-corrected chi connectivity index (χ0v) is 8.50. The number of benzene rings is 1. The highest BCUT2D eigenvalue weighted by molar-refractivity contribution is 7.80. The van der Waals surface area contributed by atoms with Crippen molar-refractivity contribution in [3.63, 3.8) is 0 Å². The summed E-state index contributed by atoms with van der Waals surface area (Å²) in [6.45, 7) is 0. The third kappa shape index (κ3) is 1.93. The second kappa shape index (κ2) is 3.80. The lowest BCUT2D eigenvalue weighted by molar-refractivity contribution is 0.521. The second-order valence-corrected chi connectivity index (χ2v) is 3.66. The summed E-state index contributed by atoms with van der Waals surface area (Å²) in [6, 6.07) is 9.51. The van der Waals surface area contributed by atoms with Crippen molar-refractivity contribution in [2.75, 3.05) is 5.73 Å². The molecule has 14 heavy (non-hydrogen) atoms. The molecule has 0 unspecified atom stereocenters. The minimum absolute atomic E-state index is 0.716. The summed E-state index contributed by atoms with van der Waals surface area (Å²) in [5.41, 5.74) is 7.66. The summed E-state index contributed by atoms with van der Waals surface area (Å²) in [5.74, 6) is 0.913. The van der Waals surface area contributed by atoms with Crippen LogP contribution in [0.5, 0.6) is 0 Å². The van der Waals surface area contributed by atoms with Crippen molar-refractivity contribution in [2.45, 2.75) is 11.3 Å². The zero-order chi connectivity index (χ0) is 9.97. The first kappa shape index (κ1) is 9.21. The number of furan rings is 1. The third-order valence-corrected chi connectivity index (χ3v) is 2.35. The Morgan fingerprint density at radius 1 is 1.29 bits per heavy atom. The van der Waals surface area contributed by atoms with Crippen LogP contribution >= 0.6 is 12.6 Å². The number of hydrogen-bond acceptors (Lipinski definition) is 3. The fraction of sp³-hybridized carbons (Fsp3) is 0.0909. The molecule has 0 aliphatic heterocycles. The van der Waals surface area contributed by atoms with Gasteiger partial charge in [-0.25, -0.2) is 0 Å². The van der Waals surface area contributed by atoms with E-state index in [0.29, 0.717) is 6.42 Å². The number of nitrogens with two attached hydrogens (primary N) is 1. The highest BCUT2D eigenvalue weighted by atomic mass is 32.1. The molecule has 0 aliphatic rings. The minimum Gasteiger partial charge on any atom is -0.469 e. The van der Waals surface area contributed by atoms with Crippen LogP contribution in [0.15, 0.2) is 45.9 Å². The van der Waals surface area contributed by atoms with E-state index in [1.807, 2.05) is 30.3 Å². The number of thiol groups is 1. The van der Waals surface area contributed by atoms with Crippen LogP contribution in [0.3, 0.4) is 0 Å². The van der Waals surface area contributed by atoms with E-state index in [9.17, 15) is 0 Å². The van der Waals surface area contributed by atoms with E-state index in [1.54, 1.807) is 6.26 Å². The Morgan fingerprint density at radius 2 is 2.14 bits per heavy atom. The van der Waals surface area contributed by atoms with E-state index in [-0.39, 0.29) is 0 Å². The predicted molar refractivity (Wildman–Crippen MR) is 59.6 cm³/mol. The number of nitrogen functional groups attached to an aromatic ring is 1. The maximum atomic E-state index is 5.83. The molecule has 1 aromatic heterocycles. The van der Waals surface area contributed by atoms with Crippen molar-refractivity contribution >= 4 is 18.3 Å². The fourth-order valence-electron chi connectivity index (χ4n) is 1.35. The second-order valence-electron chi connectivity index (χ2n) is 3.14. The van der Waals surface area contributed by atoms with Crippen LogP contribution in [0.1, 0.15) is 11.3 Å². The van der Waals surface area contributed by atoms with E-state index < -0.39 is 0 Å². The molecule has 2 rings (SSSR count). The lowest BCUT2D eigenvalue weighted by atomic mass is 10.1. The molecule has 2 aromatic rings. The van der Waals surface area contributed by atoms with Crippen molar-refractivity contribution in [3.8, 4) is 0 Å². The molecule has 72 valence electrons. The van der Waals surface area contributed by atoms with Gasteiger partial charge in [0.15, 0.2) is 0 Å². The van der Waals surface area contributed by atoms with E-state index in [0.717, 1.165) is 21.9 Å². The van der Waals surface area contributed by atoms with Crippen LogP contribution in [-0.2, 0) is 6.42 Å². The van der Waals surface area contributed by atoms with Gasteiger partial charge in [0.25, 0.3) is 0 Å². The lowest BCUT2D eigenvalue weighted by Crippen LogP contribution is -1.94. The molecule has 2 nitrogen and oxygen atoms in total. The van der Waals surface area contributed by atoms with Crippen LogP contribution in [0.4, 0.5) is 5.69 Å². The summed E-state index contributed by atoms with van der Waals surface area (Å²) in [4.78, 5) is 0.917. The van der Waals surface area contributed by atoms with Crippen molar-refractivity contribution in [1.82, 2.24) is 0 Å². The Bertz CT molecular complexity index is 423. The molecule has 0 spiro atoms. The van der Waals surface area contributed by atoms with Gasteiger partial charge in [0, 0.05) is 17.0 Å². The Kier molecular flexibility index (Phi) is 2.50. The van der Waals surface area contributed by atoms with E-state index in [1.165, 1.54) is 0 Å². The molecule has 0 radical (unpaired) electrons. The van der Waals surface area contributed by atoms with Gasteiger partial charge in [-0.05, 0) is 35.9 Å². The van der Waals surface area contributed by atoms with Gasteiger partial charge in [0.1, 0.15) is 5.76 Å². The van der Waals surface area contributed by atoms with Crippen LogP contribution in [0.2, 0.25) is 0 Å². The van der Waals surface area contributed by atoms with Crippen LogP contribution in [0.25, 0.3) is 0 Å². The summed E-state index contributed by atoms with van der Waals surface area (Å²) in [6.07, 6.45) is 2.38. The maximum absolute atomic E-state index is 5.83. The van der Waals surface area contributed by atoms with E-state index >= 15 is 0 Å². The van der Waals surface area contributed by atoms with Crippen LogP contribution < -0.4 is 5.73 Å². The summed E-state index contributed by atoms with van der Waals surface area (Å²) in [5, 5.41) is 0. The first-order chi connectivity index (χ1) is 6.75. The minimum atomic E-state index is 0.716. The highest BCUT2D eigenvalue weighted by Gasteiger charge is 2.03. The standard InChI is InChI=1S/C11H11NOS/c12-11-4-3-10(14)7-8(11)6-9-2-1-5-13-9/h1-5,7,14H,6,12H2. The number of anilines is 1. The normalized spacial score (nSPS) is 10.4. The van der Waals surface area contributed by atoms with Crippen LogP contribution in [0, 0.1) is 0 Å². The Labute approximate surface area is 88.1 Å². The third-order valence-electron chi connectivity index (χ3n) is 2.07. The Balaban J connectivity index is 2.28. The topological polar surface area (TPSA) is 39.2 Å². The molecule has 0 bridgehead atoms. The van der Waals surface area contributed by atoms with Gasteiger partial charge in [0.2, 0.25) is 0 Å². The van der Waals surface area contributed by atoms with Crippen molar-refractivity contribution in [3.05, 3.63) is 47.9 Å². The molecule has 1 heterocycles. The van der Waals surface area contributed by atoms with Crippen molar-refractivity contribution in [2.24, 2.45) is 0 Å². The molecule has 2 N–H and O–H groups in total. The molecule has 3 heteroatoms. The number of rotatable bonds is 2. The molecular weight excluding hydrogens is 194 g/mol. The van der Waals surface area contributed by atoms with Gasteiger partial charge in [0.05, 0.1) is 6.26 Å². The lowest BCUT2D eigenvalue weighted by Gasteiger charge is -2.04. The first-order valence-electron chi connectivity index (χ1n) is 4.35.